The van der Waals surface area contributed by atoms with Gasteiger partial charge in [0.05, 0.1) is 11.3 Å². The lowest BCUT2D eigenvalue weighted by atomic mass is 9.97. The standard InChI is InChI=1S/C20H21F2N3O/c21-17-7-4-8-18(22)19(17)25-20(26)15-11-16(13-23-12-15)24-10-9-14-5-2-1-3-6-14/h4-5,7-8,11-13,24H,1-3,6,9-10H2,(H,25,26). The Morgan fingerprint density at radius 3 is 2.69 bits per heavy atom. The van der Waals surface area contributed by atoms with Crippen LogP contribution >= 0.6 is 0 Å². The molecule has 0 aliphatic heterocycles. The zero-order valence-electron chi connectivity index (χ0n) is 14.4. The summed E-state index contributed by atoms with van der Waals surface area (Å²) in [4.78, 5) is 16.3. The summed E-state index contributed by atoms with van der Waals surface area (Å²) < 4.78 is 27.3. The van der Waals surface area contributed by atoms with Gasteiger partial charge >= 0.3 is 0 Å². The number of carbonyl (C=O) groups is 1. The van der Waals surface area contributed by atoms with Gasteiger partial charge in [-0.2, -0.15) is 0 Å². The van der Waals surface area contributed by atoms with Gasteiger partial charge in [-0.25, -0.2) is 8.78 Å². The number of pyridine rings is 1. The van der Waals surface area contributed by atoms with Crippen LogP contribution in [-0.4, -0.2) is 17.4 Å². The predicted molar refractivity (Wildman–Crippen MR) is 98.2 cm³/mol. The van der Waals surface area contributed by atoms with E-state index in [2.05, 4.69) is 21.7 Å². The zero-order chi connectivity index (χ0) is 18.4. The lowest BCUT2D eigenvalue weighted by Crippen LogP contribution is -2.15. The fourth-order valence-corrected chi connectivity index (χ4v) is 2.96. The number of amides is 1. The summed E-state index contributed by atoms with van der Waals surface area (Å²) in [6, 6.07) is 5.05. The lowest BCUT2D eigenvalue weighted by Gasteiger charge is -2.13. The van der Waals surface area contributed by atoms with Crippen molar-refractivity contribution in [1.29, 1.82) is 0 Å². The van der Waals surface area contributed by atoms with E-state index < -0.39 is 23.2 Å². The summed E-state index contributed by atoms with van der Waals surface area (Å²) >= 11 is 0. The molecule has 0 fully saturated rings. The average Bonchev–Trinajstić information content (AvgIpc) is 2.66. The smallest absolute Gasteiger partial charge is 0.257 e. The molecule has 26 heavy (non-hydrogen) atoms. The Hall–Kier alpha value is -2.76. The Morgan fingerprint density at radius 2 is 1.96 bits per heavy atom. The summed E-state index contributed by atoms with van der Waals surface area (Å²) in [6.45, 7) is 0.751. The monoisotopic (exact) mass is 357 g/mol. The SMILES string of the molecule is O=C(Nc1c(F)cccc1F)c1cncc(NCCC2=CCCCC2)c1. The fraction of sp³-hybridized carbons (Fsp3) is 0.300. The van der Waals surface area contributed by atoms with Gasteiger partial charge in [-0.3, -0.25) is 9.78 Å². The van der Waals surface area contributed by atoms with Gasteiger partial charge < -0.3 is 10.6 Å². The third-order valence-corrected chi connectivity index (χ3v) is 4.36. The third kappa shape index (κ3) is 4.65. The molecule has 1 amide bonds. The lowest BCUT2D eigenvalue weighted by molar-refractivity contribution is 0.102. The molecule has 0 radical (unpaired) electrons. The molecule has 1 aromatic heterocycles. The molecule has 1 heterocycles. The number of para-hydroxylation sites is 1. The molecule has 0 atom stereocenters. The van der Waals surface area contributed by atoms with Crippen molar-refractivity contribution >= 4 is 17.3 Å². The molecule has 0 spiro atoms. The number of halogens is 2. The van der Waals surface area contributed by atoms with E-state index in [1.54, 1.807) is 12.3 Å². The number of hydrogen-bond donors (Lipinski definition) is 2. The molecule has 0 saturated carbocycles. The molecular weight excluding hydrogens is 336 g/mol. The van der Waals surface area contributed by atoms with Crippen LogP contribution < -0.4 is 10.6 Å². The van der Waals surface area contributed by atoms with Crippen LogP contribution in [0.4, 0.5) is 20.2 Å². The molecule has 1 aliphatic rings. The first-order valence-electron chi connectivity index (χ1n) is 8.75. The Balaban J connectivity index is 1.61. The molecule has 0 unspecified atom stereocenters. The number of allylic oxidation sites excluding steroid dienone is 1. The highest BCUT2D eigenvalue weighted by Gasteiger charge is 2.14. The molecule has 1 aliphatic carbocycles. The molecule has 2 aromatic rings. The first-order valence-corrected chi connectivity index (χ1v) is 8.75. The van der Waals surface area contributed by atoms with Gasteiger partial charge in [-0.1, -0.05) is 17.7 Å². The number of benzene rings is 1. The van der Waals surface area contributed by atoms with Gasteiger partial charge in [-0.05, 0) is 50.3 Å². The maximum Gasteiger partial charge on any atom is 0.257 e. The highest BCUT2D eigenvalue weighted by Crippen LogP contribution is 2.21. The van der Waals surface area contributed by atoms with Crippen molar-refractivity contribution in [2.75, 3.05) is 17.2 Å². The Bertz CT molecular complexity index is 800. The average molecular weight is 357 g/mol. The summed E-state index contributed by atoms with van der Waals surface area (Å²) in [5.74, 6) is -2.25. The van der Waals surface area contributed by atoms with E-state index in [0.717, 1.165) is 37.9 Å². The van der Waals surface area contributed by atoms with Crippen LogP contribution in [0.1, 0.15) is 42.5 Å². The van der Waals surface area contributed by atoms with E-state index in [9.17, 15) is 13.6 Å². The van der Waals surface area contributed by atoms with Crippen molar-refractivity contribution in [1.82, 2.24) is 4.98 Å². The quantitative estimate of drug-likeness (QED) is 0.722. The summed E-state index contributed by atoms with van der Waals surface area (Å²) in [6.07, 6.45) is 11.1. The predicted octanol–water partition coefficient (Wildman–Crippen LogP) is 4.91. The van der Waals surface area contributed by atoms with Gasteiger partial charge in [0.15, 0.2) is 0 Å². The van der Waals surface area contributed by atoms with E-state index in [-0.39, 0.29) is 5.56 Å². The highest BCUT2D eigenvalue weighted by atomic mass is 19.1. The number of nitrogens with one attached hydrogen (secondary N) is 2. The summed E-state index contributed by atoms with van der Waals surface area (Å²) in [5, 5.41) is 5.51. The maximum absolute atomic E-state index is 13.7. The van der Waals surface area contributed by atoms with Gasteiger partial charge in [-0.15, -0.1) is 0 Å². The number of anilines is 2. The molecule has 2 N–H and O–H groups in total. The third-order valence-electron chi connectivity index (χ3n) is 4.36. The van der Waals surface area contributed by atoms with Crippen molar-refractivity contribution in [2.24, 2.45) is 0 Å². The molecule has 3 rings (SSSR count). The minimum absolute atomic E-state index is 0.231. The second kappa shape index (κ2) is 8.56. The van der Waals surface area contributed by atoms with Crippen LogP contribution in [-0.2, 0) is 0 Å². The van der Waals surface area contributed by atoms with Crippen LogP contribution in [0.5, 0.6) is 0 Å². The van der Waals surface area contributed by atoms with Crippen LogP contribution in [0.25, 0.3) is 0 Å². The Labute approximate surface area is 151 Å². The van der Waals surface area contributed by atoms with E-state index in [1.807, 2.05) is 0 Å². The molecule has 136 valence electrons. The van der Waals surface area contributed by atoms with Crippen molar-refractivity contribution < 1.29 is 13.6 Å². The van der Waals surface area contributed by atoms with Gasteiger partial charge in [0.1, 0.15) is 17.3 Å². The van der Waals surface area contributed by atoms with E-state index >= 15 is 0 Å². The van der Waals surface area contributed by atoms with E-state index in [4.69, 9.17) is 0 Å². The number of nitrogens with zero attached hydrogens (tertiary/aromatic N) is 1. The second-order valence-electron chi connectivity index (χ2n) is 6.30. The first kappa shape index (κ1) is 18.0. The van der Waals surface area contributed by atoms with Crippen molar-refractivity contribution in [3.05, 3.63) is 65.5 Å². The molecule has 4 nitrogen and oxygen atoms in total. The Kier molecular flexibility index (Phi) is 5.94. The minimum Gasteiger partial charge on any atom is -0.383 e. The number of aromatic nitrogens is 1. The topological polar surface area (TPSA) is 54.0 Å². The van der Waals surface area contributed by atoms with Crippen LogP contribution in [0, 0.1) is 11.6 Å². The zero-order valence-corrected chi connectivity index (χ0v) is 14.4. The maximum atomic E-state index is 13.7. The number of hydrogen-bond acceptors (Lipinski definition) is 3. The van der Waals surface area contributed by atoms with E-state index in [0.29, 0.717) is 5.69 Å². The van der Waals surface area contributed by atoms with Crippen molar-refractivity contribution in [3.63, 3.8) is 0 Å². The van der Waals surface area contributed by atoms with Gasteiger partial charge in [0.2, 0.25) is 0 Å². The van der Waals surface area contributed by atoms with Gasteiger partial charge in [0, 0.05) is 18.9 Å². The van der Waals surface area contributed by atoms with Crippen molar-refractivity contribution in [3.8, 4) is 0 Å². The molecule has 6 heteroatoms. The van der Waals surface area contributed by atoms with Crippen LogP contribution in [0.3, 0.4) is 0 Å². The van der Waals surface area contributed by atoms with Crippen molar-refractivity contribution in [2.45, 2.75) is 32.1 Å². The van der Waals surface area contributed by atoms with E-state index in [1.165, 1.54) is 30.7 Å². The molecular formula is C20H21F2N3O. The molecule has 0 saturated heterocycles. The minimum atomic E-state index is -0.818. The normalized spacial score (nSPS) is 13.8. The van der Waals surface area contributed by atoms with Gasteiger partial charge in [0.25, 0.3) is 5.91 Å². The number of rotatable bonds is 6. The largest absolute Gasteiger partial charge is 0.383 e. The van der Waals surface area contributed by atoms with Crippen LogP contribution in [0.15, 0.2) is 48.3 Å². The Morgan fingerprint density at radius 1 is 1.15 bits per heavy atom. The summed E-state index contributed by atoms with van der Waals surface area (Å²) in [7, 11) is 0. The second-order valence-corrected chi connectivity index (χ2v) is 6.30. The number of carbonyl (C=O) groups excluding carboxylic acids is 1. The van der Waals surface area contributed by atoms with Crippen LogP contribution in [0.2, 0.25) is 0 Å². The highest BCUT2D eigenvalue weighted by molar-refractivity contribution is 6.04. The molecule has 1 aromatic carbocycles. The first-order chi connectivity index (χ1) is 12.6. The molecule has 0 bridgehead atoms. The fourth-order valence-electron chi connectivity index (χ4n) is 2.96. The summed E-state index contributed by atoms with van der Waals surface area (Å²) in [5.41, 5.74) is 1.93.